The van der Waals surface area contributed by atoms with E-state index in [1.807, 2.05) is 7.11 Å². The van der Waals surface area contributed by atoms with Gasteiger partial charge >= 0.3 is 0 Å². The molecule has 0 aliphatic heterocycles. The molecule has 1 aliphatic carbocycles. The summed E-state index contributed by atoms with van der Waals surface area (Å²) in [5.41, 5.74) is 1.43. The zero-order valence-electron chi connectivity index (χ0n) is 12.3. The van der Waals surface area contributed by atoms with Crippen LogP contribution in [-0.2, 0) is 11.2 Å². The number of aryl methyl sites for hydroxylation is 1. The molecule has 2 nitrogen and oxygen atoms in total. The molecule has 1 aromatic carbocycles. The van der Waals surface area contributed by atoms with Crippen molar-refractivity contribution in [1.29, 1.82) is 0 Å². The molecule has 0 amide bonds. The smallest absolute Gasteiger partial charge is 0.0752 e. The average molecular weight is 261 g/mol. The van der Waals surface area contributed by atoms with Crippen molar-refractivity contribution in [2.24, 2.45) is 5.92 Å². The SMILES string of the molecule is CCCNC(CCc1ccccc1)C(OC)C1CC1. The topological polar surface area (TPSA) is 21.3 Å². The Morgan fingerprint density at radius 3 is 2.58 bits per heavy atom. The predicted molar refractivity (Wildman–Crippen MR) is 80.4 cm³/mol. The minimum Gasteiger partial charge on any atom is -0.380 e. The van der Waals surface area contributed by atoms with Gasteiger partial charge in [-0.05, 0) is 50.1 Å². The van der Waals surface area contributed by atoms with E-state index >= 15 is 0 Å². The lowest BCUT2D eigenvalue weighted by Crippen LogP contribution is -2.43. The van der Waals surface area contributed by atoms with Crippen molar-refractivity contribution in [2.75, 3.05) is 13.7 Å². The average Bonchev–Trinajstić information content (AvgIpc) is 3.28. The lowest BCUT2D eigenvalue weighted by molar-refractivity contribution is 0.0485. The van der Waals surface area contributed by atoms with Gasteiger partial charge in [-0.2, -0.15) is 0 Å². The van der Waals surface area contributed by atoms with Gasteiger partial charge in [0.15, 0.2) is 0 Å². The highest BCUT2D eigenvalue weighted by Gasteiger charge is 2.36. The van der Waals surface area contributed by atoms with Gasteiger partial charge in [0.25, 0.3) is 0 Å². The molecule has 0 saturated heterocycles. The first-order valence-corrected chi connectivity index (χ1v) is 7.65. The van der Waals surface area contributed by atoms with Crippen LogP contribution in [0.5, 0.6) is 0 Å². The van der Waals surface area contributed by atoms with Crippen LogP contribution in [0.25, 0.3) is 0 Å². The Balaban J connectivity index is 1.89. The molecule has 19 heavy (non-hydrogen) atoms. The first kappa shape index (κ1) is 14.5. The van der Waals surface area contributed by atoms with E-state index in [9.17, 15) is 0 Å². The van der Waals surface area contributed by atoms with E-state index in [2.05, 4.69) is 42.6 Å². The maximum absolute atomic E-state index is 5.76. The second-order valence-corrected chi connectivity index (χ2v) is 5.62. The minimum absolute atomic E-state index is 0.398. The van der Waals surface area contributed by atoms with E-state index in [-0.39, 0.29) is 0 Å². The predicted octanol–water partition coefficient (Wildman–Crippen LogP) is 3.41. The van der Waals surface area contributed by atoms with Crippen LogP contribution in [0.3, 0.4) is 0 Å². The molecular weight excluding hydrogens is 234 g/mol. The molecule has 1 aliphatic rings. The van der Waals surface area contributed by atoms with Gasteiger partial charge in [0.2, 0.25) is 0 Å². The molecule has 106 valence electrons. The summed E-state index contributed by atoms with van der Waals surface area (Å²) in [4.78, 5) is 0. The van der Waals surface area contributed by atoms with Gasteiger partial charge in [0.05, 0.1) is 6.10 Å². The number of rotatable bonds is 9. The lowest BCUT2D eigenvalue weighted by Gasteiger charge is -2.27. The van der Waals surface area contributed by atoms with Gasteiger partial charge < -0.3 is 10.1 Å². The third kappa shape index (κ3) is 4.63. The van der Waals surface area contributed by atoms with E-state index in [1.54, 1.807) is 0 Å². The lowest BCUT2D eigenvalue weighted by atomic mass is 9.98. The number of methoxy groups -OCH3 is 1. The second kappa shape index (κ2) is 7.66. The van der Waals surface area contributed by atoms with Crippen molar-refractivity contribution >= 4 is 0 Å². The molecule has 2 atom stereocenters. The van der Waals surface area contributed by atoms with E-state index in [1.165, 1.54) is 31.2 Å². The number of benzene rings is 1. The fraction of sp³-hybridized carbons (Fsp3) is 0.647. The number of hydrogen-bond donors (Lipinski definition) is 1. The zero-order chi connectivity index (χ0) is 13.5. The van der Waals surface area contributed by atoms with Crippen molar-refractivity contribution in [3.8, 4) is 0 Å². The Hall–Kier alpha value is -0.860. The Bertz CT molecular complexity index is 348. The minimum atomic E-state index is 0.398. The highest BCUT2D eigenvalue weighted by Crippen LogP contribution is 2.36. The second-order valence-electron chi connectivity index (χ2n) is 5.62. The molecule has 0 bridgehead atoms. The Morgan fingerprint density at radius 1 is 1.26 bits per heavy atom. The molecule has 2 rings (SSSR count). The number of nitrogens with one attached hydrogen (secondary N) is 1. The van der Waals surface area contributed by atoms with Crippen molar-refractivity contribution in [1.82, 2.24) is 5.32 Å². The highest BCUT2D eigenvalue weighted by atomic mass is 16.5. The van der Waals surface area contributed by atoms with Crippen molar-refractivity contribution in [2.45, 2.75) is 51.2 Å². The maximum Gasteiger partial charge on any atom is 0.0752 e. The zero-order valence-corrected chi connectivity index (χ0v) is 12.3. The van der Waals surface area contributed by atoms with Gasteiger partial charge in [-0.25, -0.2) is 0 Å². The molecule has 1 saturated carbocycles. The van der Waals surface area contributed by atoms with Gasteiger partial charge in [0, 0.05) is 13.2 Å². The third-order valence-corrected chi connectivity index (χ3v) is 4.00. The van der Waals surface area contributed by atoms with Crippen LogP contribution >= 0.6 is 0 Å². The standard InChI is InChI=1S/C17H27NO/c1-3-13-18-16(17(19-2)15-10-11-15)12-9-14-7-5-4-6-8-14/h4-8,15-18H,3,9-13H2,1-2H3. The van der Waals surface area contributed by atoms with Crippen LogP contribution < -0.4 is 5.32 Å². The van der Waals surface area contributed by atoms with Crippen LogP contribution in [0, 0.1) is 5.92 Å². The van der Waals surface area contributed by atoms with E-state index in [4.69, 9.17) is 4.74 Å². The fourth-order valence-electron chi connectivity index (χ4n) is 2.79. The van der Waals surface area contributed by atoms with Crippen molar-refractivity contribution in [3.63, 3.8) is 0 Å². The van der Waals surface area contributed by atoms with Gasteiger partial charge in [-0.3, -0.25) is 0 Å². The summed E-state index contributed by atoms with van der Waals surface area (Å²) in [5, 5.41) is 3.69. The van der Waals surface area contributed by atoms with Gasteiger partial charge in [-0.1, -0.05) is 37.3 Å². The summed E-state index contributed by atoms with van der Waals surface area (Å²) in [5.74, 6) is 0.787. The number of hydrogen-bond acceptors (Lipinski definition) is 2. The van der Waals surface area contributed by atoms with E-state index in [0.717, 1.165) is 18.9 Å². The van der Waals surface area contributed by atoms with Crippen LogP contribution in [0.4, 0.5) is 0 Å². The van der Waals surface area contributed by atoms with Crippen LogP contribution in [0.15, 0.2) is 30.3 Å². The summed E-state index contributed by atoms with van der Waals surface area (Å²) < 4.78 is 5.76. The monoisotopic (exact) mass is 261 g/mol. The Labute approximate surface area is 117 Å². The van der Waals surface area contributed by atoms with Gasteiger partial charge in [-0.15, -0.1) is 0 Å². The van der Waals surface area contributed by atoms with E-state index in [0.29, 0.717) is 12.1 Å². The first-order valence-electron chi connectivity index (χ1n) is 7.65. The highest BCUT2D eigenvalue weighted by molar-refractivity contribution is 5.15. The molecule has 0 spiro atoms. The van der Waals surface area contributed by atoms with Crippen molar-refractivity contribution < 1.29 is 4.74 Å². The molecule has 0 heterocycles. The van der Waals surface area contributed by atoms with E-state index < -0.39 is 0 Å². The third-order valence-electron chi connectivity index (χ3n) is 4.00. The van der Waals surface area contributed by atoms with Crippen LogP contribution in [0.2, 0.25) is 0 Å². The maximum atomic E-state index is 5.76. The summed E-state index contributed by atoms with van der Waals surface area (Å²) in [6.45, 7) is 3.31. The molecule has 2 heteroatoms. The van der Waals surface area contributed by atoms with Crippen LogP contribution in [-0.4, -0.2) is 25.8 Å². The first-order chi connectivity index (χ1) is 9.35. The molecular formula is C17H27NO. The molecule has 1 aromatic rings. The number of ether oxygens (including phenoxy) is 1. The molecule has 0 radical (unpaired) electrons. The largest absolute Gasteiger partial charge is 0.380 e. The Morgan fingerprint density at radius 2 is 2.00 bits per heavy atom. The Kier molecular flexibility index (Phi) is 5.87. The summed E-state index contributed by atoms with van der Waals surface area (Å²) >= 11 is 0. The molecule has 1 N–H and O–H groups in total. The summed E-state index contributed by atoms with van der Waals surface area (Å²) in [6.07, 6.45) is 6.56. The fourth-order valence-corrected chi connectivity index (χ4v) is 2.79. The molecule has 0 aromatic heterocycles. The summed E-state index contributed by atoms with van der Waals surface area (Å²) in [7, 11) is 1.87. The quantitative estimate of drug-likeness (QED) is 0.735. The molecule has 2 unspecified atom stereocenters. The van der Waals surface area contributed by atoms with Crippen molar-refractivity contribution in [3.05, 3.63) is 35.9 Å². The normalized spacial score (nSPS) is 18.2. The summed E-state index contributed by atoms with van der Waals surface area (Å²) in [6, 6.07) is 11.3. The van der Waals surface area contributed by atoms with Crippen LogP contribution in [0.1, 0.15) is 38.2 Å². The van der Waals surface area contributed by atoms with Gasteiger partial charge in [0.1, 0.15) is 0 Å². The molecule has 1 fully saturated rings.